The smallest absolute Gasteiger partial charge is 0.224 e. The molecule has 1 amide bonds. The van der Waals surface area contributed by atoms with Crippen molar-refractivity contribution in [2.75, 3.05) is 12.4 Å². The van der Waals surface area contributed by atoms with Gasteiger partial charge in [-0.1, -0.05) is 17.7 Å². The maximum Gasteiger partial charge on any atom is 0.224 e. The topological polar surface area (TPSA) is 62.1 Å². The molecule has 0 aromatic heterocycles. The molecule has 1 N–H and O–H groups in total. The molecule has 4 nitrogen and oxygen atoms in total. The third-order valence-electron chi connectivity index (χ3n) is 5.27. The standard InChI is InChI=1S/C22H23ClN2O2/c1-27-21-11-8-18(13-20(21)23)17-6-2-15(3-7-17)12-22(26)25-19-9-4-16(14-24)5-10-19/h4-5,8-11,13,15,17H,2-3,6-7,12H2,1H3,(H,25,26). The fraction of sp³-hybridized carbons (Fsp3) is 0.364. The number of anilines is 1. The minimum atomic E-state index is 0.0376. The van der Waals surface area contributed by atoms with Gasteiger partial charge in [-0.3, -0.25) is 4.79 Å². The predicted octanol–water partition coefficient (Wildman–Crippen LogP) is 5.52. The molecule has 1 saturated carbocycles. The summed E-state index contributed by atoms with van der Waals surface area (Å²) in [7, 11) is 1.62. The Morgan fingerprint density at radius 3 is 2.48 bits per heavy atom. The van der Waals surface area contributed by atoms with Gasteiger partial charge in [-0.25, -0.2) is 0 Å². The van der Waals surface area contributed by atoms with Crippen molar-refractivity contribution >= 4 is 23.2 Å². The van der Waals surface area contributed by atoms with Gasteiger partial charge in [0, 0.05) is 12.1 Å². The molecule has 0 radical (unpaired) electrons. The van der Waals surface area contributed by atoms with Crippen molar-refractivity contribution in [1.82, 2.24) is 0 Å². The van der Waals surface area contributed by atoms with Gasteiger partial charge in [-0.15, -0.1) is 0 Å². The van der Waals surface area contributed by atoms with Gasteiger partial charge in [0.1, 0.15) is 5.75 Å². The Hall–Kier alpha value is -2.51. The lowest BCUT2D eigenvalue weighted by atomic mass is 9.77. The Bertz CT molecular complexity index is 834. The van der Waals surface area contributed by atoms with Crippen LogP contribution in [-0.2, 0) is 4.79 Å². The summed E-state index contributed by atoms with van der Waals surface area (Å²) in [4.78, 5) is 12.3. The highest BCUT2D eigenvalue weighted by Gasteiger charge is 2.24. The van der Waals surface area contributed by atoms with E-state index >= 15 is 0 Å². The lowest BCUT2D eigenvalue weighted by molar-refractivity contribution is -0.117. The van der Waals surface area contributed by atoms with Crippen molar-refractivity contribution in [1.29, 1.82) is 5.26 Å². The van der Waals surface area contributed by atoms with Gasteiger partial charge >= 0.3 is 0 Å². The van der Waals surface area contributed by atoms with E-state index in [-0.39, 0.29) is 5.91 Å². The van der Waals surface area contributed by atoms with Crippen LogP contribution in [0.1, 0.15) is 49.1 Å². The van der Waals surface area contributed by atoms with E-state index in [1.165, 1.54) is 5.56 Å². The first-order valence-electron chi connectivity index (χ1n) is 9.22. The number of halogens is 1. The number of hydrogen-bond acceptors (Lipinski definition) is 3. The second-order valence-corrected chi connectivity index (χ2v) is 7.46. The minimum absolute atomic E-state index is 0.0376. The molecule has 0 saturated heterocycles. The highest BCUT2D eigenvalue weighted by atomic mass is 35.5. The van der Waals surface area contributed by atoms with Gasteiger partial charge in [-0.05, 0) is 79.5 Å². The second-order valence-electron chi connectivity index (χ2n) is 7.05. The predicted molar refractivity (Wildman–Crippen MR) is 107 cm³/mol. The van der Waals surface area contributed by atoms with Crippen LogP contribution in [0.4, 0.5) is 5.69 Å². The minimum Gasteiger partial charge on any atom is -0.495 e. The molecule has 0 unspecified atom stereocenters. The molecule has 1 aliphatic rings. The zero-order valence-corrected chi connectivity index (χ0v) is 16.1. The Balaban J connectivity index is 1.49. The molecular weight excluding hydrogens is 360 g/mol. The monoisotopic (exact) mass is 382 g/mol. The third kappa shape index (κ3) is 5.02. The van der Waals surface area contributed by atoms with Crippen LogP contribution in [0.5, 0.6) is 5.75 Å². The van der Waals surface area contributed by atoms with E-state index in [1.807, 2.05) is 12.1 Å². The fourth-order valence-corrected chi connectivity index (χ4v) is 4.00. The van der Waals surface area contributed by atoms with E-state index < -0.39 is 0 Å². The number of ether oxygens (including phenoxy) is 1. The van der Waals surface area contributed by atoms with Gasteiger partial charge in [0.25, 0.3) is 0 Å². The van der Waals surface area contributed by atoms with Crippen molar-refractivity contribution in [2.24, 2.45) is 5.92 Å². The van der Waals surface area contributed by atoms with Crippen LogP contribution in [-0.4, -0.2) is 13.0 Å². The van der Waals surface area contributed by atoms with E-state index in [9.17, 15) is 4.79 Å². The number of benzene rings is 2. The lowest BCUT2D eigenvalue weighted by Gasteiger charge is -2.28. The Morgan fingerprint density at radius 1 is 1.19 bits per heavy atom. The average molecular weight is 383 g/mol. The van der Waals surface area contributed by atoms with Crippen molar-refractivity contribution < 1.29 is 9.53 Å². The summed E-state index contributed by atoms with van der Waals surface area (Å²) in [6, 6.07) is 15.0. The molecule has 140 valence electrons. The zero-order valence-electron chi connectivity index (χ0n) is 15.4. The first kappa shape index (κ1) is 19.3. The first-order valence-corrected chi connectivity index (χ1v) is 9.60. The SMILES string of the molecule is COc1ccc(C2CCC(CC(=O)Nc3ccc(C#N)cc3)CC2)cc1Cl. The van der Waals surface area contributed by atoms with Gasteiger partial charge in [0.2, 0.25) is 5.91 Å². The summed E-state index contributed by atoms with van der Waals surface area (Å²) in [5, 5.41) is 12.4. The van der Waals surface area contributed by atoms with Crippen LogP contribution < -0.4 is 10.1 Å². The molecule has 2 aromatic carbocycles. The average Bonchev–Trinajstić information content (AvgIpc) is 2.69. The highest BCUT2D eigenvalue weighted by Crippen LogP contribution is 2.39. The molecule has 5 heteroatoms. The number of methoxy groups -OCH3 is 1. The largest absolute Gasteiger partial charge is 0.495 e. The number of carbonyl (C=O) groups excluding carboxylic acids is 1. The summed E-state index contributed by atoms with van der Waals surface area (Å²) in [6.07, 6.45) is 4.75. The van der Waals surface area contributed by atoms with Crippen molar-refractivity contribution in [2.45, 2.75) is 38.0 Å². The zero-order chi connectivity index (χ0) is 19.2. The molecular formula is C22H23ClN2O2. The van der Waals surface area contributed by atoms with Crippen LogP contribution >= 0.6 is 11.6 Å². The molecule has 0 bridgehead atoms. The molecule has 27 heavy (non-hydrogen) atoms. The molecule has 3 rings (SSSR count). The van der Waals surface area contributed by atoms with Crippen molar-refractivity contribution in [3.8, 4) is 11.8 Å². The summed E-state index contributed by atoms with van der Waals surface area (Å²) < 4.78 is 5.22. The van der Waals surface area contributed by atoms with Gasteiger partial charge in [0.15, 0.2) is 0 Å². The lowest BCUT2D eigenvalue weighted by Crippen LogP contribution is -2.20. The number of nitriles is 1. The van der Waals surface area contributed by atoms with Crippen LogP contribution in [0.2, 0.25) is 5.02 Å². The summed E-state index contributed by atoms with van der Waals surface area (Å²) in [5.74, 6) is 1.64. The van der Waals surface area contributed by atoms with E-state index in [2.05, 4.69) is 17.5 Å². The summed E-state index contributed by atoms with van der Waals surface area (Å²) in [6.45, 7) is 0. The molecule has 0 aliphatic heterocycles. The van der Waals surface area contributed by atoms with Crippen LogP contribution in [0, 0.1) is 17.2 Å². The maximum absolute atomic E-state index is 12.3. The number of hydrogen-bond donors (Lipinski definition) is 1. The van der Waals surface area contributed by atoms with Crippen LogP contribution in [0.3, 0.4) is 0 Å². The molecule has 2 aromatic rings. The van der Waals surface area contributed by atoms with Gasteiger partial charge in [0.05, 0.1) is 23.8 Å². The quantitative estimate of drug-likeness (QED) is 0.740. The van der Waals surface area contributed by atoms with Gasteiger partial charge < -0.3 is 10.1 Å². The number of amides is 1. The summed E-state index contributed by atoms with van der Waals surface area (Å²) in [5.41, 5.74) is 2.58. The van der Waals surface area contributed by atoms with Gasteiger partial charge in [-0.2, -0.15) is 5.26 Å². The van der Waals surface area contributed by atoms with E-state index in [4.69, 9.17) is 21.6 Å². The Labute approximate surface area is 165 Å². The third-order valence-corrected chi connectivity index (χ3v) is 5.56. The van der Waals surface area contributed by atoms with E-state index in [1.54, 1.807) is 31.4 Å². The molecule has 0 spiro atoms. The van der Waals surface area contributed by atoms with Crippen LogP contribution in [0.15, 0.2) is 42.5 Å². The molecule has 0 heterocycles. The second kappa shape index (κ2) is 8.92. The Morgan fingerprint density at radius 2 is 1.89 bits per heavy atom. The normalized spacial score (nSPS) is 19.1. The first-order chi connectivity index (χ1) is 13.1. The number of nitrogens with one attached hydrogen (secondary N) is 1. The van der Waals surface area contributed by atoms with Crippen LogP contribution in [0.25, 0.3) is 0 Å². The number of nitrogens with zero attached hydrogens (tertiary/aromatic N) is 1. The fourth-order valence-electron chi connectivity index (χ4n) is 3.74. The molecule has 0 atom stereocenters. The van der Waals surface area contributed by atoms with Crippen molar-refractivity contribution in [3.63, 3.8) is 0 Å². The molecule has 1 aliphatic carbocycles. The highest BCUT2D eigenvalue weighted by molar-refractivity contribution is 6.32. The van der Waals surface area contributed by atoms with Crippen molar-refractivity contribution in [3.05, 3.63) is 58.6 Å². The van der Waals surface area contributed by atoms with E-state index in [0.717, 1.165) is 31.4 Å². The number of rotatable bonds is 5. The molecule has 1 fully saturated rings. The maximum atomic E-state index is 12.3. The summed E-state index contributed by atoms with van der Waals surface area (Å²) >= 11 is 6.25. The number of carbonyl (C=O) groups is 1. The Kier molecular flexibility index (Phi) is 6.36. The van der Waals surface area contributed by atoms with E-state index in [0.29, 0.717) is 34.6 Å².